The molecule has 0 saturated carbocycles. The molecule has 3 heterocycles. The lowest BCUT2D eigenvalue weighted by Gasteiger charge is -2.33. The number of anilines is 1. The number of rotatable bonds is 3. The highest BCUT2D eigenvalue weighted by Crippen LogP contribution is 2.32. The summed E-state index contributed by atoms with van der Waals surface area (Å²) >= 11 is 0. The number of aromatic nitrogens is 4. The Hall–Kier alpha value is -2.94. The molecule has 1 atom stereocenters. The standard InChI is InChI=1S/C20H22N6/c1-14(2)26-18-8-4-3-7-17(18)24-20(26)15-6-5-9-25(12-15)19-10-16(11-21)22-13-23-19/h3-4,7-8,10,13-15H,5-6,9,12H2,1-2H3/t15-/m0/s1. The van der Waals surface area contributed by atoms with Gasteiger partial charge >= 0.3 is 0 Å². The molecule has 0 amide bonds. The van der Waals surface area contributed by atoms with Crippen LogP contribution >= 0.6 is 0 Å². The van der Waals surface area contributed by atoms with Crippen LogP contribution in [0.4, 0.5) is 5.82 Å². The monoisotopic (exact) mass is 346 g/mol. The van der Waals surface area contributed by atoms with E-state index in [0.717, 1.165) is 43.1 Å². The summed E-state index contributed by atoms with van der Waals surface area (Å²) in [5, 5.41) is 9.10. The second-order valence-electron chi connectivity index (χ2n) is 7.08. The molecular weight excluding hydrogens is 324 g/mol. The highest BCUT2D eigenvalue weighted by atomic mass is 15.2. The highest BCUT2D eigenvalue weighted by Gasteiger charge is 2.27. The lowest BCUT2D eigenvalue weighted by Crippen LogP contribution is -2.36. The Morgan fingerprint density at radius 3 is 2.88 bits per heavy atom. The molecular formula is C20H22N6. The molecule has 3 aromatic rings. The fourth-order valence-corrected chi connectivity index (χ4v) is 3.87. The van der Waals surface area contributed by atoms with Gasteiger partial charge in [-0.1, -0.05) is 12.1 Å². The maximum Gasteiger partial charge on any atom is 0.145 e. The topological polar surface area (TPSA) is 70.6 Å². The molecule has 0 spiro atoms. The molecule has 0 unspecified atom stereocenters. The second-order valence-corrected chi connectivity index (χ2v) is 7.08. The summed E-state index contributed by atoms with van der Waals surface area (Å²) in [6, 6.07) is 12.6. The maximum atomic E-state index is 9.10. The fourth-order valence-electron chi connectivity index (χ4n) is 3.87. The van der Waals surface area contributed by atoms with Crippen molar-refractivity contribution in [1.29, 1.82) is 5.26 Å². The average molecular weight is 346 g/mol. The van der Waals surface area contributed by atoms with E-state index in [1.807, 2.05) is 6.07 Å². The summed E-state index contributed by atoms with van der Waals surface area (Å²) in [5.74, 6) is 2.33. The van der Waals surface area contributed by atoms with Gasteiger partial charge in [-0.15, -0.1) is 0 Å². The van der Waals surface area contributed by atoms with E-state index in [-0.39, 0.29) is 0 Å². The zero-order valence-corrected chi connectivity index (χ0v) is 15.1. The van der Waals surface area contributed by atoms with Crippen LogP contribution in [0, 0.1) is 11.3 Å². The van der Waals surface area contributed by atoms with Crippen molar-refractivity contribution in [1.82, 2.24) is 19.5 Å². The van der Waals surface area contributed by atoms with Crippen LogP contribution in [-0.4, -0.2) is 32.6 Å². The van der Waals surface area contributed by atoms with Gasteiger partial charge < -0.3 is 9.47 Å². The van der Waals surface area contributed by atoms with Crippen molar-refractivity contribution in [3.05, 3.63) is 48.2 Å². The zero-order chi connectivity index (χ0) is 18.1. The Kier molecular flexibility index (Phi) is 4.29. The minimum atomic E-state index is 0.346. The number of nitriles is 1. The Labute approximate surface area is 153 Å². The summed E-state index contributed by atoms with van der Waals surface area (Å²) in [6.45, 7) is 6.22. The van der Waals surface area contributed by atoms with Gasteiger partial charge in [-0.05, 0) is 38.8 Å². The molecule has 1 aromatic carbocycles. The minimum absolute atomic E-state index is 0.346. The van der Waals surface area contributed by atoms with Crippen LogP contribution in [0.3, 0.4) is 0 Å². The van der Waals surface area contributed by atoms with Crippen molar-refractivity contribution in [2.45, 2.75) is 38.6 Å². The van der Waals surface area contributed by atoms with E-state index in [1.54, 1.807) is 6.07 Å². The molecule has 132 valence electrons. The number of para-hydroxylation sites is 2. The van der Waals surface area contributed by atoms with Crippen LogP contribution in [0.25, 0.3) is 11.0 Å². The molecule has 0 aliphatic carbocycles. The molecule has 1 fully saturated rings. The van der Waals surface area contributed by atoms with Crippen LogP contribution in [0.1, 0.15) is 50.2 Å². The van der Waals surface area contributed by atoms with Gasteiger partial charge in [0.15, 0.2) is 0 Å². The first-order valence-corrected chi connectivity index (χ1v) is 9.11. The first kappa shape index (κ1) is 16.5. The van der Waals surface area contributed by atoms with Crippen molar-refractivity contribution in [3.63, 3.8) is 0 Å². The molecule has 6 heteroatoms. The smallest absolute Gasteiger partial charge is 0.145 e. The van der Waals surface area contributed by atoms with Crippen LogP contribution in [-0.2, 0) is 0 Å². The van der Waals surface area contributed by atoms with Gasteiger partial charge in [0, 0.05) is 31.1 Å². The number of fused-ring (bicyclic) bond motifs is 1. The van der Waals surface area contributed by atoms with E-state index in [2.05, 4.69) is 57.6 Å². The molecule has 1 aliphatic rings. The Morgan fingerprint density at radius 1 is 1.23 bits per heavy atom. The SMILES string of the molecule is CC(C)n1c([C@H]2CCCN(c3cc(C#N)ncn3)C2)nc2ccccc21. The van der Waals surface area contributed by atoms with Crippen LogP contribution in [0.5, 0.6) is 0 Å². The van der Waals surface area contributed by atoms with Gasteiger partial charge in [-0.25, -0.2) is 15.0 Å². The predicted molar refractivity (Wildman–Crippen MR) is 101 cm³/mol. The first-order valence-electron chi connectivity index (χ1n) is 9.11. The summed E-state index contributed by atoms with van der Waals surface area (Å²) in [7, 11) is 0. The number of hydrogen-bond acceptors (Lipinski definition) is 5. The Bertz CT molecular complexity index is 968. The lowest BCUT2D eigenvalue weighted by atomic mass is 9.96. The van der Waals surface area contributed by atoms with E-state index in [4.69, 9.17) is 10.2 Å². The van der Waals surface area contributed by atoms with Crippen molar-refractivity contribution >= 4 is 16.9 Å². The van der Waals surface area contributed by atoms with E-state index >= 15 is 0 Å². The number of benzene rings is 1. The van der Waals surface area contributed by atoms with Crippen LogP contribution < -0.4 is 4.90 Å². The molecule has 4 rings (SSSR count). The highest BCUT2D eigenvalue weighted by molar-refractivity contribution is 5.76. The molecule has 1 aliphatic heterocycles. The van der Waals surface area contributed by atoms with Crippen molar-refractivity contribution in [2.24, 2.45) is 0 Å². The number of imidazole rings is 1. The normalized spacial score (nSPS) is 17.6. The molecule has 0 bridgehead atoms. The third-order valence-corrected chi connectivity index (χ3v) is 5.02. The van der Waals surface area contributed by atoms with Gasteiger partial charge in [-0.3, -0.25) is 0 Å². The molecule has 6 nitrogen and oxygen atoms in total. The second kappa shape index (κ2) is 6.75. The summed E-state index contributed by atoms with van der Waals surface area (Å²) < 4.78 is 2.37. The van der Waals surface area contributed by atoms with Crippen molar-refractivity contribution < 1.29 is 0 Å². The van der Waals surface area contributed by atoms with Crippen LogP contribution in [0.2, 0.25) is 0 Å². The molecule has 0 N–H and O–H groups in total. The Balaban J connectivity index is 1.69. The van der Waals surface area contributed by atoms with Gasteiger partial charge in [0.05, 0.1) is 11.0 Å². The third-order valence-electron chi connectivity index (χ3n) is 5.02. The fraction of sp³-hybridized carbons (Fsp3) is 0.400. The summed E-state index contributed by atoms with van der Waals surface area (Å²) in [4.78, 5) is 15.6. The molecule has 1 saturated heterocycles. The van der Waals surface area contributed by atoms with Crippen molar-refractivity contribution in [2.75, 3.05) is 18.0 Å². The predicted octanol–water partition coefficient (Wildman–Crippen LogP) is 3.66. The van der Waals surface area contributed by atoms with E-state index in [0.29, 0.717) is 17.7 Å². The van der Waals surface area contributed by atoms with E-state index < -0.39 is 0 Å². The quantitative estimate of drug-likeness (QED) is 0.724. The number of piperidine rings is 1. The molecule has 2 aromatic heterocycles. The van der Waals surface area contributed by atoms with Gasteiger partial charge in [-0.2, -0.15) is 5.26 Å². The lowest BCUT2D eigenvalue weighted by molar-refractivity contribution is 0.458. The first-order chi connectivity index (χ1) is 12.7. The number of hydrogen-bond donors (Lipinski definition) is 0. The third kappa shape index (κ3) is 2.90. The van der Waals surface area contributed by atoms with Crippen LogP contribution in [0.15, 0.2) is 36.7 Å². The summed E-state index contributed by atoms with van der Waals surface area (Å²) in [6.07, 6.45) is 3.67. The zero-order valence-electron chi connectivity index (χ0n) is 15.1. The van der Waals surface area contributed by atoms with E-state index in [9.17, 15) is 0 Å². The van der Waals surface area contributed by atoms with Crippen molar-refractivity contribution in [3.8, 4) is 6.07 Å². The maximum absolute atomic E-state index is 9.10. The van der Waals surface area contributed by atoms with Gasteiger partial charge in [0.1, 0.15) is 29.7 Å². The summed E-state index contributed by atoms with van der Waals surface area (Å²) in [5.41, 5.74) is 2.66. The average Bonchev–Trinajstić information content (AvgIpc) is 3.08. The molecule has 26 heavy (non-hydrogen) atoms. The molecule has 0 radical (unpaired) electrons. The largest absolute Gasteiger partial charge is 0.356 e. The minimum Gasteiger partial charge on any atom is -0.356 e. The van der Waals surface area contributed by atoms with Gasteiger partial charge in [0.25, 0.3) is 0 Å². The van der Waals surface area contributed by atoms with E-state index in [1.165, 1.54) is 11.8 Å². The Morgan fingerprint density at radius 2 is 2.08 bits per heavy atom. The van der Waals surface area contributed by atoms with Gasteiger partial charge in [0.2, 0.25) is 0 Å². The number of nitrogens with zero attached hydrogens (tertiary/aromatic N) is 6.